The van der Waals surface area contributed by atoms with Crippen LogP contribution < -0.4 is 4.72 Å². The molecule has 0 unspecified atom stereocenters. The molecule has 8 heteroatoms. The summed E-state index contributed by atoms with van der Waals surface area (Å²) in [7, 11) is -3.99. The number of aromatic nitrogens is 1. The molecular weight excluding hydrogens is 389 g/mol. The molecule has 0 bridgehead atoms. The van der Waals surface area contributed by atoms with Gasteiger partial charge in [-0.05, 0) is 52.9 Å². The summed E-state index contributed by atoms with van der Waals surface area (Å²) in [6.07, 6.45) is 1.48. The van der Waals surface area contributed by atoms with Crippen LogP contribution >= 0.6 is 22.6 Å². The molecule has 1 N–H and O–H groups in total. The largest absolute Gasteiger partial charge is 0.263 e. The maximum atomic E-state index is 13.0. The third-order valence-electron chi connectivity index (χ3n) is 2.17. The van der Waals surface area contributed by atoms with Crippen molar-refractivity contribution in [3.63, 3.8) is 0 Å². The predicted octanol–water partition coefficient (Wildman–Crippen LogP) is 2.77. The Morgan fingerprint density at radius 1 is 1.11 bits per heavy atom. The monoisotopic (exact) mass is 396 g/mol. The van der Waals surface area contributed by atoms with Gasteiger partial charge in [-0.25, -0.2) is 22.2 Å². The van der Waals surface area contributed by atoms with E-state index >= 15 is 0 Å². The number of pyridine rings is 1. The Labute approximate surface area is 122 Å². The Morgan fingerprint density at radius 3 is 2.42 bits per heavy atom. The molecule has 100 valence electrons. The predicted molar refractivity (Wildman–Crippen MR) is 74.1 cm³/mol. The van der Waals surface area contributed by atoms with Gasteiger partial charge in [-0.15, -0.1) is 0 Å². The van der Waals surface area contributed by atoms with Crippen LogP contribution in [-0.2, 0) is 10.0 Å². The summed E-state index contributed by atoms with van der Waals surface area (Å²) in [5, 5.41) is 0. The molecule has 0 spiro atoms. The Hall–Kier alpha value is -1.29. The second kappa shape index (κ2) is 5.37. The van der Waals surface area contributed by atoms with Crippen molar-refractivity contribution < 1.29 is 17.2 Å². The summed E-state index contributed by atoms with van der Waals surface area (Å²) in [6.45, 7) is 0. The SMILES string of the molecule is O=S(=O)(Nc1ccc(I)cn1)c1ccc(F)c(F)c1. The summed E-state index contributed by atoms with van der Waals surface area (Å²) in [5.41, 5.74) is 0. The molecule has 0 saturated heterocycles. The number of benzene rings is 1. The maximum Gasteiger partial charge on any atom is 0.263 e. The highest BCUT2D eigenvalue weighted by Crippen LogP contribution is 2.17. The topological polar surface area (TPSA) is 59.1 Å². The van der Waals surface area contributed by atoms with Gasteiger partial charge in [0.15, 0.2) is 11.6 Å². The van der Waals surface area contributed by atoms with Gasteiger partial charge in [0.2, 0.25) is 0 Å². The fraction of sp³-hybridized carbons (Fsp3) is 0. The van der Waals surface area contributed by atoms with Crippen LogP contribution in [0.5, 0.6) is 0 Å². The van der Waals surface area contributed by atoms with Gasteiger partial charge in [0.25, 0.3) is 10.0 Å². The van der Waals surface area contributed by atoms with E-state index in [1.165, 1.54) is 12.3 Å². The highest BCUT2D eigenvalue weighted by atomic mass is 127. The maximum absolute atomic E-state index is 13.0. The van der Waals surface area contributed by atoms with E-state index in [0.717, 1.165) is 15.7 Å². The first kappa shape index (κ1) is 14.1. The number of nitrogens with one attached hydrogen (secondary N) is 1. The van der Waals surface area contributed by atoms with Crippen LogP contribution in [0.15, 0.2) is 41.4 Å². The van der Waals surface area contributed by atoms with Crippen LogP contribution in [-0.4, -0.2) is 13.4 Å². The van der Waals surface area contributed by atoms with Gasteiger partial charge in [-0.3, -0.25) is 4.72 Å². The van der Waals surface area contributed by atoms with Crippen molar-refractivity contribution in [2.75, 3.05) is 4.72 Å². The molecule has 0 aliphatic carbocycles. The highest BCUT2D eigenvalue weighted by molar-refractivity contribution is 14.1. The van der Waals surface area contributed by atoms with Gasteiger partial charge in [0.05, 0.1) is 4.90 Å². The van der Waals surface area contributed by atoms with Crippen LogP contribution in [0.1, 0.15) is 0 Å². The van der Waals surface area contributed by atoms with E-state index in [0.29, 0.717) is 6.07 Å². The zero-order valence-corrected chi connectivity index (χ0v) is 12.2. The molecule has 1 aromatic carbocycles. The second-order valence-electron chi connectivity index (χ2n) is 3.54. The Bertz CT molecular complexity index is 705. The molecule has 0 aliphatic rings. The number of nitrogens with zero attached hydrogens (tertiary/aromatic N) is 1. The van der Waals surface area contributed by atoms with Gasteiger partial charge in [0.1, 0.15) is 5.82 Å². The Balaban J connectivity index is 2.32. The summed E-state index contributed by atoms with van der Waals surface area (Å²) in [4.78, 5) is 3.49. The Morgan fingerprint density at radius 2 is 1.84 bits per heavy atom. The normalized spacial score (nSPS) is 11.3. The lowest BCUT2D eigenvalue weighted by Gasteiger charge is -2.07. The van der Waals surface area contributed by atoms with E-state index in [-0.39, 0.29) is 10.7 Å². The lowest BCUT2D eigenvalue weighted by Crippen LogP contribution is -2.14. The van der Waals surface area contributed by atoms with Crippen molar-refractivity contribution >= 4 is 38.4 Å². The molecular formula is C11H7F2IN2O2S. The van der Waals surface area contributed by atoms with E-state index < -0.39 is 21.7 Å². The first-order valence-corrected chi connectivity index (χ1v) is 7.54. The summed E-state index contributed by atoms with van der Waals surface area (Å²) >= 11 is 2.02. The molecule has 0 atom stereocenters. The number of rotatable bonds is 3. The van der Waals surface area contributed by atoms with Crippen molar-refractivity contribution in [2.45, 2.75) is 4.90 Å². The van der Waals surface area contributed by atoms with Crippen LogP contribution in [0.4, 0.5) is 14.6 Å². The third-order valence-corrected chi connectivity index (χ3v) is 4.16. The average molecular weight is 396 g/mol. The van der Waals surface area contributed by atoms with Gasteiger partial charge in [-0.1, -0.05) is 0 Å². The second-order valence-corrected chi connectivity index (χ2v) is 6.47. The van der Waals surface area contributed by atoms with E-state index in [1.54, 1.807) is 6.07 Å². The van der Waals surface area contributed by atoms with Crippen LogP contribution in [0, 0.1) is 15.2 Å². The summed E-state index contributed by atoms with van der Waals surface area (Å²) < 4.78 is 52.6. The van der Waals surface area contributed by atoms with Crippen LogP contribution in [0.2, 0.25) is 0 Å². The smallest absolute Gasteiger partial charge is 0.263 e. The van der Waals surface area contributed by atoms with Gasteiger partial charge >= 0.3 is 0 Å². The fourth-order valence-electron chi connectivity index (χ4n) is 1.28. The lowest BCUT2D eigenvalue weighted by molar-refractivity contribution is 0.504. The van der Waals surface area contributed by atoms with Crippen LogP contribution in [0.25, 0.3) is 0 Å². The summed E-state index contributed by atoms with van der Waals surface area (Å²) in [5.74, 6) is -2.23. The number of hydrogen-bond donors (Lipinski definition) is 1. The van der Waals surface area contributed by atoms with Crippen molar-refractivity contribution in [1.29, 1.82) is 0 Å². The van der Waals surface area contributed by atoms with Gasteiger partial charge in [0, 0.05) is 9.77 Å². The van der Waals surface area contributed by atoms with Crippen molar-refractivity contribution in [2.24, 2.45) is 0 Å². The molecule has 0 amide bonds. The third kappa shape index (κ3) is 3.38. The zero-order chi connectivity index (χ0) is 14.0. The molecule has 0 radical (unpaired) electrons. The molecule has 1 aromatic heterocycles. The highest BCUT2D eigenvalue weighted by Gasteiger charge is 2.17. The van der Waals surface area contributed by atoms with E-state index in [9.17, 15) is 17.2 Å². The average Bonchev–Trinajstić information content (AvgIpc) is 2.35. The molecule has 2 rings (SSSR count). The minimum Gasteiger partial charge on any atom is -0.263 e. The van der Waals surface area contributed by atoms with Crippen molar-refractivity contribution in [1.82, 2.24) is 4.98 Å². The molecule has 1 heterocycles. The number of sulfonamides is 1. The summed E-state index contributed by atoms with van der Waals surface area (Å²) in [6, 6.07) is 5.49. The number of anilines is 1. The van der Waals surface area contributed by atoms with E-state index in [1.807, 2.05) is 22.6 Å². The molecule has 0 fully saturated rings. The van der Waals surface area contributed by atoms with Crippen molar-refractivity contribution in [3.05, 3.63) is 51.7 Å². The van der Waals surface area contributed by atoms with Gasteiger partial charge < -0.3 is 0 Å². The first-order valence-electron chi connectivity index (χ1n) is 4.98. The molecule has 0 saturated carbocycles. The minimum atomic E-state index is -3.99. The molecule has 19 heavy (non-hydrogen) atoms. The Kier molecular flexibility index (Phi) is 3.99. The molecule has 4 nitrogen and oxygen atoms in total. The fourth-order valence-corrected chi connectivity index (χ4v) is 2.62. The quantitative estimate of drug-likeness (QED) is 0.812. The van der Waals surface area contributed by atoms with E-state index in [2.05, 4.69) is 9.71 Å². The molecule has 0 aliphatic heterocycles. The number of halogens is 3. The lowest BCUT2D eigenvalue weighted by atomic mass is 10.3. The first-order chi connectivity index (χ1) is 8.88. The number of hydrogen-bond acceptors (Lipinski definition) is 3. The van der Waals surface area contributed by atoms with Crippen molar-refractivity contribution in [3.8, 4) is 0 Å². The van der Waals surface area contributed by atoms with E-state index in [4.69, 9.17) is 0 Å². The van der Waals surface area contributed by atoms with Crippen LogP contribution in [0.3, 0.4) is 0 Å². The van der Waals surface area contributed by atoms with Gasteiger partial charge in [-0.2, -0.15) is 0 Å². The standard InChI is InChI=1S/C11H7F2IN2O2S/c12-9-3-2-8(5-10(9)13)19(17,18)16-11-4-1-7(14)6-15-11/h1-6H,(H,15,16). The molecule has 2 aromatic rings. The zero-order valence-electron chi connectivity index (χ0n) is 9.27. The minimum absolute atomic E-state index is 0.102.